The first-order valence-corrected chi connectivity index (χ1v) is 11.9. The molecule has 2 aromatic heterocycles. The van der Waals surface area contributed by atoms with Crippen molar-refractivity contribution in [3.8, 4) is 10.8 Å². The summed E-state index contributed by atoms with van der Waals surface area (Å²) in [4.78, 5) is 17.0. The van der Waals surface area contributed by atoms with E-state index in [1.54, 1.807) is 7.11 Å². The van der Waals surface area contributed by atoms with Gasteiger partial charge >= 0.3 is 6.03 Å². The predicted molar refractivity (Wildman–Crippen MR) is 124 cm³/mol. The summed E-state index contributed by atoms with van der Waals surface area (Å²) < 4.78 is 7.81. The molecule has 1 N–H and O–H groups in total. The largest absolute Gasteiger partial charge is 0.497 e. The maximum atomic E-state index is 13.5. The van der Waals surface area contributed by atoms with Gasteiger partial charge in [-0.2, -0.15) is 0 Å². The molecule has 0 saturated carbocycles. The fourth-order valence-corrected chi connectivity index (χ4v) is 6.28. The standard InChI is InChI=1S/C25H29N3O2S/c1-16(2)26-25(29)28-15-20-19-10-4-5-12-22(19)31-24(20)27-13-7-11-21(27)23(28)17-8-6-9-18(14-17)30-3/h6-9,11,13-14,16,23H,4-5,10,12,15H2,1-3H3,(H,26,29)/t23-/m1/s1. The van der Waals surface area contributed by atoms with Crippen LogP contribution in [0.15, 0.2) is 42.6 Å². The van der Waals surface area contributed by atoms with E-state index >= 15 is 0 Å². The van der Waals surface area contributed by atoms with Crippen LogP contribution in [0.2, 0.25) is 0 Å². The summed E-state index contributed by atoms with van der Waals surface area (Å²) in [5, 5.41) is 4.42. The number of aryl methyl sites for hydroxylation is 1. The summed E-state index contributed by atoms with van der Waals surface area (Å²) in [6.45, 7) is 4.64. The summed E-state index contributed by atoms with van der Waals surface area (Å²) in [7, 11) is 1.68. The van der Waals surface area contributed by atoms with E-state index in [0.29, 0.717) is 6.54 Å². The molecule has 3 heterocycles. The van der Waals surface area contributed by atoms with Crippen molar-refractivity contribution in [2.45, 2.75) is 58.2 Å². The van der Waals surface area contributed by atoms with E-state index in [1.165, 1.54) is 33.8 Å². The fraction of sp³-hybridized carbons (Fsp3) is 0.400. The van der Waals surface area contributed by atoms with Gasteiger partial charge in [0.1, 0.15) is 10.8 Å². The SMILES string of the molecule is COc1cccc([C@@H]2c3cccn3-c3sc4c(c3CN2C(=O)NC(C)C)CCCC4)c1. The zero-order valence-corrected chi connectivity index (χ0v) is 19.2. The van der Waals surface area contributed by atoms with Crippen molar-refractivity contribution in [2.24, 2.45) is 0 Å². The van der Waals surface area contributed by atoms with Crippen LogP contribution >= 0.6 is 11.3 Å². The molecule has 3 aromatic rings. The Kier molecular flexibility index (Phi) is 5.26. The minimum absolute atomic E-state index is 0.0285. The molecule has 5 nitrogen and oxygen atoms in total. The number of ether oxygens (including phenoxy) is 1. The minimum Gasteiger partial charge on any atom is -0.497 e. The van der Waals surface area contributed by atoms with E-state index in [1.807, 2.05) is 48.3 Å². The molecule has 1 aliphatic carbocycles. The number of carbonyl (C=O) groups excluding carboxylic acids is 1. The first-order valence-electron chi connectivity index (χ1n) is 11.1. The van der Waals surface area contributed by atoms with Gasteiger partial charge in [0.2, 0.25) is 0 Å². The van der Waals surface area contributed by atoms with Crippen LogP contribution in [0.3, 0.4) is 0 Å². The van der Waals surface area contributed by atoms with Gasteiger partial charge in [0, 0.05) is 22.7 Å². The van der Waals surface area contributed by atoms with Gasteiger partial charge in [0.15, 0.2) is 0 Å². The number of nitrogens with zero attached hydrogens (tertiary/aromatic N) is 2. The lowest BCUT2D eigenvalue weighted by atomic mass is 9.95. The first-order chi connectivity index (χ1) is 15.1. The number of nitrogens with one attached hydrogen (secondary N) is 1. The first kappa shape index (κ1) is 20.2. The van der Waals surface area contributed by atoms with Crippen molar-refractivity contribution in [2.75, 3.05) is 7.11 Å². The molecular weight excluding hydrogens is 406 g/mol. The Morgan fingerprint density at radius 1 is 1.16 bits per heavy atom. The van der Waals surface area contributed by atoms with Crippen molar-refractivity contribution in [1.82, 2.24) is 14.8 Å². The van der Waals surface area contributed by atoms with E-state index in [4.69, 9.17) is 4.74 Å². The molecule has 1 aromatic carbocycles. The summed E-state index contributed by atoms with van der Waals surface area (Å²) in [6, 6.07) is 12.2. The van der Waals surface area contributed by atoms with Gasteiger partial charge in [0.25, 0.3) is 0 Å². The number of benzene rings is 1. The molecule has 2 amide bonds. The van der Waals surface area contributed by atoms with E-state index in [0.717, 1.165) is 29.8 Å². The topological polar surface area (TPSA) is 46.5 Å². The maximum absolute atomic E-state index is 13.5. The van der Waals surface area contributed by atoms with E-state index in [9.17, 15) is 4.79 Å². The second-order valence-electron chi connectivity index (χ2n) is 8.71. The number of amides is 2. The Balaban J connectivity index is 1.70. The highest BCUT2D eigenvalue weighted by Gasteiger charge is 2.36. The number of urea groups is 1. The lowest BCUT2D eigenvalue weighted by Gasteiger charge is -2.32. The number of carbonyl (C=O) groups is 1. The number of thiophene rings is 1. The van der Waals surface area contributed by atoms with Crippen molar-refractivity contribution >= 4 is 17.4 Å². The van der Waals surface area contributed by atoms with Gasteiger partial charge in [-0.3, -0.25) is 0 Å². The van der Waals surface area contributed by atoms with Crippen LogP contribution in [0, 0.1) is 0 Å². The Labute approximate surface area is 187 Å². The van der Waals surface area contributed by atoms with Gasteiger partial charge in [-0.15, -0.1) is 11.3 Å². The van der Waals surface area contributed by atoms with Crippen LogP contribution in [-0.4, -0.2) is 28.6 Å². The Morgan fingerprint density at radius 3 is 2.81 bits per heavy atom. The Morgan fingerprint density at radius 2 is 2.00 bits per heavy atom. The van der Waals surface area contributed by atoms with Gasteiger partial charge in [-0.05, 0) is 74.9 Å². The van der Waals surface area contributed by atoms with Crippen LogP contribution < -0.4 is 10.1 Å². The summed E-state index contributed by atoms with van der Waals surface area (Å²) in [5.74, 6) is 0.802. The lowest BCUT2D eigenvalue weighted by Crippen LogP contribution is -2.44. The van der Waals surface area contributed by atoms with Crippen molar-refractivity contribution in [3.05, 3.63) is 69.9 Å². The minimum atomic E-state index is -0.192. The third-order valence-electron chi connectivity index (χ3n) is 6.26. The summed E-state index contributed by atoms with van der Waals surface area (Å²) in [5.41, 5.74) is 4.97. The fourth-order valence-electron chi connectivity index (χ4n) is 4.88. The summed E-state index contributed by atoms with van der Waals surface area (Å²) in [6.07, 6.45) is 6.90. The molecule has 0 fully saturated rings. The molecule has 5 rings (SSSR count). The van der Waals surface area contributed by atoms with Crippen molar-refractivity contribution in [3.63, 3.8) is 0 Å². The van der Waals surface area contributed by atoms with E-state index < -0.39 is 0 Å². The third-order valence-corrected chi connectivity index (χ3v) is 7.59. The molecule has 0 spiro atoms. The zero-order valence-electron chi connectivity index (χ0n) is 18.4. The smallest absolute Gasteiger partial charge is 0.318 e. The Hall–Kier alpha value is -2.73. The highest BCUT2D eigenvalue weighted by atomic mass is 32.1. The molecule has 0 unspecified atom stereocenters. The zero-order chi connectivity index (χ0) is 21.5. The van der Waals surface area contributed by atoms with E-state index in [2.05, 4.69) is 34.3 Å². The lowest BCUT2D eigenvalue weighted by molar-refractivity contribution is 0.178. The van der Waals surface area contributed by atoms with Gasteiger partial charge in [0.05, 0.1) is 25.4 Å². The average molecular weight is 436 g/mol. The molecule has 0 bridgehead atoms. The second-order valence-corrected chi connectivity index (χ2v) is 9.79. The molecule has 2 aliphatic rings. The molecule has 0 radical (unpaired) electrons. The van der Waals surface area contributed by atoms with Crippen LogP contribution in [0.25, 0.3) is 5.00 Å². The predicted octanol–water partition coefficient (Wildman–Crippen LogP) is 5.45. The number of methoxy groups -OCH3 is 1. The maximum Gasteiger partial charge on any atom is 0.318 e. The number of fused-ring (bicyclic) bond motifs is 5. The molecule has 0 saturated heterocycles. The van der Waals surface area contributed by atoms with Crippen LogP contribution in [0.1, 0.15) is 60.0 Å². The molecule has 1 aliphatic heterocycles. The van der Waals surface area contributed by atoms with Gasteiger partial charge in [-0.1, -0.05) is 12.1 Å². The van der Waals surface area contributed by atoms with E-state index in [-0.39, 0.29) is 18.1 Å². The molecule has 162 valence electrons. The Bertz CT molecular complexity index is 1110. The highest BCUT2D eigenvalue weighted by molar-refractivity contribution is 7.15. The molecule has 6 heteroatoms. The number of hydrogen-bond acceptors (Lipinski definition) is 3. The molecule has 1 atom stereocenters. The van der Waals surface area contributed by atoms with Crippen molar-refractivity contribution in [1.29, 1.82) is 0 Å². The summed E-state index contributed by atoms with van der Waals surface area (Å²) >= 11 is 1.91. The number of hydrogen-bond donors (Lipinski definition) is 1. The van der Waals surface area contributed by atoms with Crippen molar-refractivity contribution < 1.29 is 9.53 Å². The van der Waals surface area contributed by atoms with Crippen LogP contribution in [0.4, 0.5) is 4.79 Å². The van der Waals surface area contributed by atoms with Gasteiger partial charge in [-0.25, -0.2) is 4.79 Å². The molecule has 31 heavy (non-hydrogen) atoms. The monoisotopic (exact) mass is 435 g/mol. The second kappa shape index (κ2) is 8.08. The van der Waals surface area contributed by atoms with Gasteiger partial charge < -0.3 is 19.5 Å². The normalized spacial score (nSPS) is 17.5. The average Bonchev–Trinajstić information content (AvgIpc) is 3.35. The molecular formula is C25H29N3O2S. The van der Waals surface area contributed by atoms with Crippen LogP contribution in [-0.2, 0) is 19.4 Å². The quantitative estimate of drug-likeness (QED) is 0.595. The number of aromatic nitrogens is 1. The highest BCUT2D eigenvalue weighted by Crippen LogP contribution is 2.44. The van der Waals surface area contributed by atoms with Crippen LogP contribution in [0.5, 0.6) is 5.75 Å². The third kappa shape index (κ3) is 3.53. The number of rotatable bonds is 3.